The highest BCUT2D eigenvalue weighted by Crippen LogP contribution is 2.25. The highest BCUT2D eigenvalue weighted by Gasteiger charge is 2.14. The third-order valence-corrected chi connectivity index (χ3v) is 2.53. The summed E-state index contributed by atoms with van der Waals surface area (Å²) >= 11 is 3.11. The van der Waals surface area contributed by atoms with Gasteiger partial charge in [-0.25, -0.2) is 4.39 Å². The predicted molar refractivity (Wildman–Crippen MR) is 57.7 cm³/mol. The molecule has 0 bridgehead atoms. The van der Waals surface area contributed by atoms with Crippen molar-refractivity contribution < 1.29 is 9.50 Å². The molecule has 0 amide bonds. The lowest BCUT2D eigenvalue weighted by Gasteiger charge is -2.13. The van der Waals surface area contributed by atoms with E-state index in [1.165, 1.54) is 0 Å². The lowest BCUT2D eigenvalue weighted by molar-refractivity contribution is 0.173. The van der Waals surface area contributed by atoms with Crippen LogP contribution >= 0.6 is 15.9 Å². The molecular weight excluding hydrogens is 249 g/mol. The Labute approximate surface area is 91.3 Å². The number of hydrogen-bond donors (Lipinski definition) is 2. The van der Waals surface area contributed by atoms with E-state index in [1.54, 1.807) is 19.2 Å². The molecule has 0 fully saturated rings. The van der Waals surface area contributed by atoms with E-state index in [2.05, 4.69) is 21.2 Å². The van der Waals surface area contributed by atoms with Gasteiger partial charge in [-0.05, 0) is 41.5 Å². The summed E-state index contributed by atoms with van der Waals surface area (Å²) in [5, 5.41) is 12.4. The zero-order chi connectivity index (χ0) is 10.7. The van der Waals surface area contributed by atoms with Crippen LogP contribution in [0, 0.1) is 12.7 Å². The number of aryl methyl sites for hydroxylation is 1. The number of hydrogen-bond acceptors (Lipinski definition) is 2. The molecule has 1 aromatic carbocycles. The van der Waals surface area contributed by atoms with Gasteiger partial charge in [0.2, 0.25) is 0 Å². The Balaban J connectivity index is 3.07. The van der Waals surface area contributed by atoms with Crippen molar-refractivity contribution in [2.24, 2.45) is 0 Å². The molecule has 14 heavy (non-hydrogen) atoms. The summed E-state index contributed by atoms with van der Waals surface area (Å²) in [7, 11) is 1.71. The van der Waals surface area contributed by atoms with Gasteiger partial charge in [-0.1, -0.05) is 6.07 Å². The van der Waals surface area contributed by atoms with Gasteiger partial charge < -0.3 is 10.4 Å². The van der Waals surface area contributed by atoms with Crippen molar-refractivity contribution in [3.05, 3.63) is 33.5 Å². The van der Waals surface area contributed by atoms with Crippen molar-refractivity contribution in [3.63, 3.8) is 0 Å². The Hall–Kier alpha value is -0.450. The SMILES string of the molecule is CNCC(O)c1cc(C)cc(Br)c1F. The molecule has 0 aliphatic heterocycles. The maximum absolute atomic E-state index is 13.5. The van der Waals surface area contributed by atoms with E-state index < -0.39 is 11.9 Å². The standard InChI is InChI=1S/C10H13BrFNO/c1-6-3-7(9(14)5-13-2)10(12)8(11)4-6/h3-4,9,13-14H,5H2,1-2H3. The van der Waals surface area contributed by atoms with Gasteiger partial charge in [0.05, 0.1) is 10.6 Å². The van der Waals surface area contributed by atoms with Gasteiger partial charge in [-0.3, -0.25) is 0 Å². The van der Waals surface area contributed by atoms with E-state index in [0.29, 0.717) is 16.6 Å². The van der Waals surface area contributed by atoms with Gasteiger partial charge in [-0.2, -0.15) is 0 Å². The maximum atomic E-state index is 13.5. The number of nitrogens with one attached hydrogen (secondary N) is 1. The average Bonchev–Trinajstić information content (AvgIpc) is 2.11. The van der Waals surface area contributed by atoms with Crippen LogP contribution in [0.1, 0.15) is 17.2 Å². The summed E-state index contributed by atoms with van der Waals surface area (Å²) in [6.45, 7) is 2.20. The van der Waals surface area contributed by atoms with Crippen LogP contribution in [-0.4, -0.2) is 18.7 Å². The number of rotatable bonds is 3. The monoisotopic (exact) mass is 261 g/mol. The van der Waals surface area contributed by atoms with Crippen LogP contribution in [-0.2, 0) is 0 Å². The number of aliphatic hydroxyl groups excluding tert-OH is 1. The second kappa shape index (κ2) is 4.87. The molecule has 0 aliphatic rings. The number of likely N-dealkylation sites (N-methyl/N-ethyl adjacent to an activating group) is 1. The number of halogens is 2. The molecule has 0 aromatic heterocycles. The molecule has 0 aliphatic carbocycles. The van der Waals surface area contributed by atoms with Crippen molar-refractivity contribution >= 4 is 15.9 Å². The molecule has 2 nitrogen and oxygen atoms in total. The molecular formula is C10H13BrFNO. The number of aliphatic hydroxyl groups is 1. The van der Waals surface area contributed by atoms with Crippen LogP contribution in [0.25, 0.3) is 0 Å². The topological polar surface area (TPSA) is 32.3 Å². The highest BCUT2D eigenvalue weighted by atomic mass is 79.9. The fraction of sp³-hybridized carbons (Fsp3) is 0.400. The van der Waals surface area contributed by atoms with Crippen LogP contribution in [0.3, 0.4) is 0 Å². The minimum Gasteiger partial charge on any atom is -0.387 e. The van der Waals surface area contributed by atoms with Crippen molar-refractivity contribution in [2.45, 2.75) is 13.0 Å². The summed E-state index contributed by atoms with van der Waals surface area (Å²) in [5.41, 5.74) is 1.25. The highest BCUT2D eigenvalue weighted by molar-refractivity contribution is 9.10. The van der Waals surface area contributed by atoms with E-state index in [9.17, 15) is 9.50 Å². The van der Waals surface area contributed by atoms with Crippen LogP contribution in [0.4, 0.5) is 4.39 Å². The summed E-state index contributed by atoms with van der Waals surface area (Å²) < 4.78 is 13.9. The van der Waals surface area contributed by atoms with Crippen LogP contribution in [0.5, 0.6) is 0 Å². The molecule has 0 radical (unpaired) electrons. The molecule has 1 unspecified atom stereocenters. The third kappa shape index (κ3) is 2.53. The van der Waals surface area contributed by atoms with Crippen molar-refractivity contribution in [3.8, 4) is 0 Å². The lowest BCUT2D eigenvalue weighted by Crippen LogP contribution is -2.18. The Morgan fingerprint density at radius 1 is 1.57 bits per heavy atom. The first-order chi connectivity index (χ1) is 6.56. The molecule has 4 heteroatoms. The fourth-order valence-electron chi connectivity index (χ4n) is 1.30. The number of benzene rings is 1. The summed E-state index contributed by atoms with van der Waals surface area (Å²) in [5.74, 6) is -0.390. The van der Waals surface area contributed by atoms with Crippen molar-refractivity contribution in [1.82, 2.24) is 5.32 Å². The average molecular weight is 262 g/mol. The molecule has 0 spiro atoms. The van der Waals surface area contributed by atoms with Gasteiger partial charge in [0.25, 0.3) is 0 Å². The summed E-state index contributed by atoms with van der Waals surface area (Å²) in [4.78, 5) is 0. The van der Waals surface area contributed by atoms with Crippen LogP contribution in [0.15, 0.2) is 16.6 Å². The maximum Gasteiger partial charge on any atom is 0.143 e. The predicted octanol–water partition coefficient (Wildman–Crippen LogP) is 2.15. The normalized spacial score (nSPS) is 12.9. The van der Waals surface area contributed by atoms with E-state index in [-0.39, 0.29) is 0 Å². The molecule has 2 N–H and O–H groups in total. The van der Waals surface area contributed by atoms with E-state index in [1.807, 2.05) is 6.92 Å². The van der Waals surface area contributed by atoms with Crippen molar-refractivity contribution in [1.29, 1.82) is 0 Å². The molecule has 0 saturated heterocycles. The van der Waals surface area contributed by atoms with Gasteiger partial charge in [0, 0.05) is 12.1 Å². The quantitative estimate of drug-likeness (QED) is 0.874. The Bertz CT molecular complexity index is 330. The fourth-order valence-corrected chi connectivity index (χ4v) is 1.89. The Morgan fingerprint density at radius 3 is 2.79 bits per heavy atom. The Morgan fingerprint density at radius 2 is 2.21 bits per heavy atom. The molecule has 0 saturated carbocycles. The minimum absolute atomic E-state index is 0.325. The van der Waals surface area contributed by atoms with E-state index >= 15 is 0 Å². The minimum atomic E-state index is -0.809. The van der Waals surface area contributed by atoms with Crippen LogP contribution < -0.4 is 5.32 Å². The molecule has 0 heterocycles. The second-order valence-corrected chi connectivity index (χ2v) is 4.08. The molecule has 78 valence electrons. The first kappa shape index (κ1) is 11.6. The molecule has 1 atom stereocenters. The van der Waals surface area contributed by atoms with Crippen molar-refractivity contribution in [2.75, 3.05) is 13.6 Å². The van der Waals surface area contributed by atoms with Gasteiger partial charge in [0.15, 0.2) is 0 Å². The van der Waals surface area contributed by atoms with E-state index in [4.69, 9.17) is 0 Å². The van der Waals surface area contributed by atoms with Gasteiger partial charge in [-0.15, -0.1) is 0 Å². The lowest BCUT2D eigenvalue weighted by atomic mass is 10.1. The first-order valence-electron chi connectivity index (χ1n) is 4.34. The summed E-state index contributed by atoms with van der Waals surface area (Å²) in [6.07, 6.45) is -0.809. The molecule has 1 rings (SSSR count). The largest absolute Gasteiger partial charge is 0.387 e. The smallest absolute Gasteiger partial charge is 0.143 e. The summed E-state index contributed by atoms with van der Waals surface area (Å²) in [6, 6.07) is 3.34. The zero-order valence-electron chi connectivity index (χ0n) is 8.14. The zero-order valence-corrected chi connectivity index (χ0v) is 9.73. The molecule has 1 aromatic rings. The third-order valence-electron chi connectivity index (χ3n) is 1.96. The Kier molecular flexibility index (Phi) is 4.04. The first-order valence-corrected chi connectivity index (χ1v) is 5.13. The van der Waals surface area contributed by atoms with Gasteiger partial charge in [0.1, 0.15) is 5.82 Å². The second-order valence-electron chi connectivity index (χ2n) is 3.22. The van der Waals surface area contributed by atoms with Crippen LogP contribution in [0.2, 0.25) is 0 Å². The van der Waals surface area contributed by atoms with Gasteiger partial charge >= 0.3 is 0 Å². The van der Waals surface area contributed by atoms with E-state index in [0.717, 1.165) is 5.56 Å².